The molecule has 0 aliphatic rings. The van der Waals surface area contributed by atoms with E-state index in [1.807, 2.05) is 6.07 Å². The van der Waals surface area contributed by atoms with Gasteiger partial charge in [-0.3, -0.25) is 18.8 Å². The number of aryl methyl sites for hydroxylation is 2. The maximum atomic E-state index is 13.2. The summed E-state index contributed by atoms with van der Waals surface area (Å²) >= 11 is 12.1. The molecule has 0 spiro atoms. The van der Waals surface area contributed by atoms with E-state index in [2.05, 4.69) is 20.7 Å². The highest BCUT2D eigenvalue weighted by Crippen LogP contribution is 2.20. The molecule has 0 fully saturated rings. The molecule has 2 aromatic carbocycles. The Bertz CT molecular complexity index is 1360. The Morgan fingerprint density at radius 3 is 2.50 bits per heavy atom. The molecule has 2 N–H and O–H groups in total. The van der Waals surface area contributed by atoms with E-state index < -0.39 is 0 Å². The van der Waals surface area contributed by atoms with Crippen molar-refractivity contribution in [3.05, 3.63) is 80.3 Å². The summed E-state index contributed by atoms with van der Waals surface area (Å²) in [5.41, 5.74) is 1.94. The molecule has 0 radical (unpaired) electrons. The lowest BCUT2D eigenvalue weighted by molar-refractivity contribution is 0.0951. The maximum absolute atomic E-state index is 13.2. The molecule has 2 heterocycles. The zero-order valence-corrected chi connectivity index (χ0v) is 18.9. The molecule has 0 aliphatic carbocycles. The number of halogens is 2. The minimum Gasteiger partial charge on any atom is -0.350 e. The molecule has 4 aromatic rings. The number of nitrogens with one attached hydrogen (secondary N) is 2. The summed E-state index contributed by atoms with van der Waals surface area (Å²) in [5.74, 6) is 0.00969. The van der Waals surface area contributed by atoms with Gasteiger partial charge in [-0.1, -0.05) is 35.3 Å². The molecule has 0 saturated carbocycles. The largest absolute Gasteiger partial charge is 0.350 e. The van der Waals surface area contributed by atoms with E-state index in [9.17, 15) is 9.59 Å². The average molecular weight is 471 g/mol. The van der Waals surface area contributed by atoms with Gasteiger partial charge in [0.05, 0.1) is 22.2 Å². The summed E-state index contributed by atoms with van der Waals surface area (Å²) in [6.45, 7) is 2.11. The fourth-order valence-electron chi connectivity index (χ4n) is 3.39. The minimum absolute atomic E-state index is 0.193. The fourth-order valence-corrected chi connectivity index (χ4v) is 3.78. The zero-order chi connectivity index (χ0) is 22.8. The second kappa shape index (κ2) is 9.02. The van der Waals surface area contributed by atoms with Crippen molar-refractivity contribution in [1.29, 1.82) is 0 Å². The molecule has 32 heavy (non-hydrogen) atoms. The topological polar surface area (TPSA) is 93.8 Å². The third-order valence-electron chi connectivity index (χ3n) is 4.96. The summed E-state index contributed by atoms with van der Waals surface area (Å²) in [7, 11) is 1.67. The smallest absolute Gasteiger partial charge is 0.262 e. The Kier molecular flexibility index (Phi) is 6.16. The highest BCUT2D eigenvalue weighted by atomic mass is 35.5. The van der Waals surface area contributed by atoms with E-state index >= 15 is 0 Å². The van der Waals surface area contributed by atoms with E-state index in [1.54, 1.807) is 56.4 Å². The van der Waals surface area contributed by atoms with E-state index in [4.69, 9.17) is 23.2 Å². The van der Waals surface area contributed by atoms with Gasteiger partial charge in [0.25, 0.3) is 11.5 Å². The van der Waals surface area contributed by atoms with Crippen LogP contribution in [0.15, 0.2) is 53.3 Å². The highest BCUT2D eigenvalue weighted by Gasteiger charge is 2.19. The molecule has 2 aromatic heterocycles. The van der Waals surface area contributed by atoms with Crippen LogP contribution < -0.4 is 16.2 Å². The third kappa shape index (κ3) is 4.32. The number of rotatable bonds is 6. The first-order valence-corrected chi connectivity index (χ1v) is 10.6. The van der Waals surface area contributed by atoms with Crippen LogP contribution in [0.25, 0.3) is 10.9 Å². The van der Waals surface area contributed by atoms with Gasteiger partial charge in [0.1, 0.15) is 5.15 Å². The Balaban J connectivity index is 1.61. The first-order chi connectivity index (χ1) is 15.3. The van der Waals surface area contributed by atoms with Crippen LogP contribution in [-0.2, 0) is 13.6 Å². The Morgan fingerprint density at radius 1 is 1.09 bits per heavy atom. The summed E-state index contributed by atoms with van der Waals surface area (Å²) in [5, 5.41) is 11.5. The van der Waals surface area contributed by atoms with Crippen molar-refractivity contribution in [1.82, 2.24) is 24.6 Å². The fraction of sp³-hybridized carbons (Fsp3) is 0.182. The molecule has 0 bridgehead atoms. The predicted octanol–water partition coefficient (Wildman–Crippen LogP) is 3.92. The van der Waals surface area contributed by atoms with Crippen LogP contribution in [0.2, 0.25) is 10.2 Å². The average Bonchev–Trinajstić information content (AvgIpc) is 3.03. The van der Waals surface area contributed by atoms with E-state index in [0.717, 1.165) is 5.69 Å². The molecule has 4 rings (SSSR count). The first-order valence-electron chi connectivity index (χ1n) is 9.84. The van der Waals surface area contributed by atoms with E-state index in [1.165, 1.54) is 9.25 Å². The molecular weight excluding hydrogens is 451 g/mol. The third-order valence-corrected chi connectivity index (χ3v) is 5.65. The summed E-state index contributed by atoms with van der Waals surface area (Å²) in [4.78, 5) is 30.4. The quantitative estimate of drug-likeness (QED) is 0.445. The van der Waals surface area contributed by atoms with Gasteiger partial charge < -0.3 is 10.6 Å². The van der Waals surface area contributed by atoms with Crippen molar-refractivity contribution in [3.63, 3.8) is 0 Å². The Labute approximate surface area is 193 Å². The van der Waals surface area contributed by atoms with Crippen molar-refractivity contribution in [2.24, 2.45) is 7.05 Å². The van der Waals surface area contributed by atoms with Gasteiger partial charge in [0, 0.05) is 30.8 Å². The van der Waals surface area contributed by atoms with Crippen molar-refractivity contribution in [3.8, 4) is 0 Å². The SMILES string of the molecule is Cc1nn(C)c(Cl)c1C(=O)NCCn1c(Nc2ccc(Cl)cc2)nc2ccccc2c1=O. The maximum Gasteiger partial charge on any atom is 0.262 e. The minimum atomic E-state index is -0.352. The summed E-state index contributed by atoms with van der Waals surface area (Å²) in [6.07, 6.45) is 0. The molecule has 0 saturated heterocycles. The van der Waals surface area contributed by atoms with Crippen molar-refractivity contribution >= 4 is 51.6 Å². The van der Waals surface area contributed by atoms with Crippen LogP contribution in [0.1, 0.15) is 16.1 Å². The normalized spacial score (nSPS) is 11.0. The number of hydrogen-bond donors (Lipinski definition) is 2. The van der Waals surface area contributed by atoms with Gasteiger partial charge in [0.2, 0.25) is 5.95 Å². The number of hydrogen-bond acceptors (Lipinski definition) is 5. The number of fused-ring (bicyclic) bond motifs is 1. The van der Waals surface area contributed by atoms with Crippen LogP contribution in [0.4, 0.5) is 11.6 Å². The van der Waals surface area contributed by atoms with E-state index in [-0.39, 0.29) is 29.7 Å². The van der Waals surface area contributed by atoms with Gasteiger partial charge in [0.15, 0.2) is 0 Å². The summed E-state index contributed by atoms with van der Waals surface area (Å²) < 4.78 is 2.94. The molecular formula is C22H20Cl2N6O2. The lowest BCUT2D eigenvalue weighted by atomic mass is 10.2. The number of carbonyl (C=O) groups is 1. The lowest BCUT2D eigenvalue weighted by Gasteiger charge is -2.15. The van der Waals surface area contributed by atoms with Gasteiger partial charge >= 0.3 is 0 Å². The molecule has 1 amide bonds. The van der Waals surface area contributed by atoms with Crippen LogP contribution in [-0.4, -0.2) is 31.8 Å². The van der Waals surface area contributed by atoms with Crippen LogP contribution >= 0.6 is 23.2 Å². The van der Waals surface area contributed by atoms with Crippen LogP contribution in [0.3, 0.4) is 0 Å². The molecule has 0 aliphatic heterocycles. The van der Waals surface area contributed by atoms with Gasteiger partial charge in [-0.15, -0.1) is 0 Å². The van der Waals surface area contributed by atoms with Crippen molar-refractivity contribution in [2.75, 3.05) is 11.9 Å². The first kappa shape index (κ1) is 21.9. The molecule has 164 valence electrons. The second-order valence-electron chi connectivity index (χ2n) is 7.17. The van der Waals surface area contributed by atoms with Crippen LogP contribution in [0.5, 0.6) is 0 Å². The lowest BCUT2D eigenvalue weighted by Crippen LogP contribution is -2.32. The molecule has 8 nitrogen and oxygen atoms in total. The number of anilines is 2. The van der Waals surface area contributed by atoms with Gasteiger partial charge in [-0.05, 0) is 43.3 Å². The van der Waals surface area contributed by atoms with Gasteiger partial charge in [-0.25, -0.2) is 4.98 Å². The van der Waals surface area contributed by atoms with Crippen LogP contribution in [0, 0.1) is 6.92 Å². The number of carbonyl (C=O) groups excluding carboxylic acids is 1. The number of para-hydroxylation sites is 1. The summed E-state index contributed by atoms with van der Waals surface area (Å²) in [6, 6.07) is 14.2. The predicted molar refractivity (Wildman–Crippen MR) is 126 cm³/mol. The Morgan fingerprint density at radius 2 is 1.81 bits per heavy atom. The number of aromatic nitrogens is 4. The van der Waals surface area contributed by atoms with Gasteiger partial charge in [-0.2, -0.15) is 5.10 Å². The molecule has 0 unspecified atom stereocenters. The monoisotopic (exact) mass is 470 g/mol. The Hall–Kier alpha value is -3.36. The number of benzene rings is 2. The van der Waals surface area contributed by atoms with Crippen molar-refractivity contribution < 1.29 is 4.79 Å². The standard InChI is InChI=1S/C22H20Cl2N6O2/c1-13-18(19(24)29(2)28-13)20(31)25-11-12-30-21(32)16-5-3-4-6-17(16)27-22(30)26-15-9-7-14(23)8-10-15/h3-10H,11-12H2,1-2H3,(H,25,31)(H,26,27). The van der Waals surface area contributed by atoms with E-state index in [0.29, 0.717) is 33.1 Å². The second-order valence-corrected chi connectivity index (χ2v) is 7.97. The molecule has 0 atom stereocenters. The number of nitrogens with zero attached hydrogens (tertiary/aromatic N) is 4. The molecule has 10 heteroatoms. The van der Waals surface area contributed by atoms with Crippen molar-refractivity contribution in [2.45, 2.75) is 13.5 Å². The highest BCUT2D eigenvalue weighted by molar-refractivity contribution is 6.33. The zero-order valence-electron chi connectivity index (χ0n) is 17.4. The number of amides is 1.